The lowest BCUT2D eigenvalue weighted by Crippen LogP contribution is -2.32. The number of hydrogen-bond donors (Lipinski definition) is 1. The van der Waals surface area contributed by atoms with E-state index in [9.17, 15) is 15.2 Å². The summed E-state index contributed by atoms with van der Waals surface area (Å²) in [5, 5.41) is 20.2. The highest BCUT2D eigenvalue weighted by atomic mass is 35.5. The fourth-order valence-electron chi connectivity index (χ4n) is 6.69. The first-order chi connectivity index (χ1) is 23.3. The third-order valence-corrected chi connectivity index (χ3v) is 10.1. The number of pyridine rings is 1. The molecule has 0 aliphatic carbocycles. The molecule has 48 heavy (non-hydrogen) atoms. The number of fused-ring (bicyclic) bond motifs is 1. The molecule has 0 bridgehead atoms. The molecule has 2 aliphatic rings. The number of ether oxygens (including phenoxy) is 1. The molecular weight excluding hydrogens is 647 g/mol. The number of aliphatic hydroxyl groups is 1. The highest BCUT2D eigenvalue weighted by Gasteiger charge is 2.26. The topological polar surface area (TPSA) is 115 Å². The number of ketones is 1. The Morgan fingerprint density at radius 1 is 1.08 bits per heavy atom. The van der Waals surface area contributed by atoms with Crippen molar-refractivity contribution in [2.75, 3.05) is 39.9 Å². The normalized spacial score (nSPS) is 16.5. The highest BCUT2D eigenvalue weighted by Crippen LogP contribution is 2.40. The van der Waals surface area contributed by atoms with Crippen LogP contribution in [0.15, 0.2) is 48.7 Å². The molecule has 0 radical (unpaired) electrons. The lowest BCUT2D eigenvalue weighted by atomic mass is 9.95. The Morgan fingerprint density at radius 2 is 1.85 bits per heavy atom. The van der Waals surface area contributed by atoms with Crippen molar-refractivity contribution in [1.29, 1.82) is 5.26 Å². The number of halogens is 2. The van der Waals surface area contributed by atoms with Crippen molar-refractivity contribution in [3.8, 4) is 34.3 Å². The van der Waals surface area contributed by atoms with E-state index in [4.69, 9.17) is 37.9 Å². The maximum absolute atomic E-state index is 13.6. The standard InChI is InChI=1S/C37H38Cl2N6O3/c1-3-12-44-14-11-26-25(17-40)15-30(42-32(26)20-44)34(47)16-24-6-4-7-27(35(24)38)28-8-5-9-29(36(28)39)31-18-41-33(37(43-31)48-2)21-45-13-10-23(19-45)22-46/h4-9,15,18,23,46H,3,10-14,16,19-22H2,1-2H3. The van der Waals surface area contributed by atoms with Crippen LogP contribution in [0, 0.1) is 17.2 Å². The van der Waals surface area contributed by atoms with Crippen molar-refractivity contribution in [3.63, 3.8) is 0 Å². The number of nitriles is 1. The average molecular weight is 686 g/mol. The Labute approximate surface area is 291 Å². The van der Waals surface area contributed by atoms with Crippen molar-refractivity contribution in [1.82, 2.24) is 24.8 Å². The van der Waals surface area contributed by atoms with Crippen molar-refractivity contribution >= 4 is 29.0 Å². The summed E-state index contributed by atoms with van der Waals surface area (Å²) in [6, 6.07) is 15.1. The van der Waals surface area contributed by atoms with Gasteiger partial charge in [-0.2, -0.15) is 5.26 Å². The van der Waals surface area contributed by atoms with Gasteiger partial charge in [-0.05, 0) is 55.5 Å². The zero-order valence-corrected chi connectivity index (χ0v) is 28.7. The molecule has 0 saturated carbocycles. The van der Waals surface area contributed by atoms with Gasteiger partial charge in [-0.25, -0.2) is 9.97 Å². The molecule has 248 valence electrons. The smallest absolute Gasteiger partial charge is 0.237 e. The number of likely N-dealkylation sites (tertiary alicyclic amines) is 1. The number of carbonyl (C=O) groups excluding carboxylic acids is 1. The third-order valence-electron chi connectivity index (χ3n) is 9.21. The number of rotatable bonds is 11. The van der Waals surface area contributed by atoms with Gasteiger partial charge in [-0.1, -0.05) is 66.5 Å². The SMILES string of the molecule is CCCN1CCc2c(C#N)cc(C(=O)Cc3cccc(-c4cccc(-c5cnc(CN6CCC(CO)C6)c(OC)n5)c4Cl)c3Cl)nc2C1. The van der Waals surface area contributed by atoms with E-state index in [0.717, 1.165) is 62.4 Å². The van der Waals surface area contributed by atoms with Gasteiger partial charge in [-0.15, -0.1) is 0 Å². The summed E-state index contributed by atoms with van der Waals surface area (Å²) in [5.41, 5.74) is 6.51. The quantitative estimate of drug-likeness (QED) is 0.179. The molecule has 4 aromatic rings. The van der Waals surface area contributed by atoms with Crippen LogP contribution in [0.2, 0.25) is 10.0 Å². The molecule has 1 unspecified atom stereocenters. The number of methoxy groups -OCH3 is 1. The van der Waals surface area contributed by atoms with Crippen molar-refractivity contribution in [3.05, 3.63) is 92.5 Å². The largest absolute Gasteiger partial charge is 0.480 e. The lowest BCUT2D eigenvalue weighted by Gasteiger charge is -2.28. The summed E-state index contributed by atoms with van der Waals surface area (Å²) in [7, 11) is 1.57. The third kappa shape index (κ3) is 7.09. The van der Waals surface area contributed by atoms with Crippen LogP contribution in [0.3, 0.4) is 0 Å². The molecular formula is C37H38Cl2N6O3. The highest BCUT2D eigenvalue weighted by molar-refractivity contribution is 6.38. The molecule has 2 aromatic carbocycles. The molecule has 1 N–H and O–H groups in total. The number of aliphatic hydroxyl groups excluding tert-OH is 1. The summed E-state index contributed by atoms with van der Waals surface area (Å²) < 4.78 is 5.62. The molecule has 2 aliphatic heterocycles. The summed E-state index contributed by atoms with van der Waals surface area (Å²) in [5.74, 6) is 0.499. The molecule has 2 aromatic heterocycles. The Balaban J connectivity index is 1.25. The summed E-state index contributed by atoms with van der Waals surface area (Å²) in [6.45, 7) is 7.06. The van der Waals surface area contributed by atoms with Gasteiger partial charge < -0.3 is 9.84 Å². The van der Waals surface area contributed by atoms with E-state index in [1.54, 1.807) is 19.4 Å². The molecule has 1 atom stereocenters. The Hall–Kier alpha value is -3.91. The molecule has 9 nitrogen and oxygen atoms in total. The van der Waals surface area contributed by atoms with Crippen molar-refractivity contribution < 1.29 is 14.6 Å². The van der Waals surface area contributed by atoms with Gasteiger partial charge >= 0.3 is 0 Å². The lowest BCUT2D eigenvalue weighted by molar-refractivity contribution is 0.0987. The molecule has 1 fully saturated rings. The van der Waals surface area contributed by atoms with Gasteiger partial charge in [0.05, 0.1) is 46.4 Å². The summed E-state index contributed by atoms with van der Waals surface area (Å²) in [6.07, 6.45) is 4.46. The summed E-state index contributed by atoms with van der Waals surface area (Å²) >= 11 is 14.0. The first-order valence-electron chi connectivity index (χ1n) is 16.3. The second kappa shape index (κ2) is 15.1. The van der Waals surface area contributed by atoms with E-state index in [1.807, 2.05) is 36.4 Å². The second-order valence-electron chi connectivity index (χ2n) is 12.4. The van der Waals surface area contributed by atoms with E-state index < -0.39 is 0 Å². The van der Waals surface area contributed by atoms with Gasteiger partial charge in [0, 0.05) is 55.9 Å². The summed E-state index contributed by atoms with van der Waals surface area (Å²) in [4.78, 5) is 32.3. The zero-order valence-electron chi connectivity index (χ0n) is 27.2. The van der Waals surface area contributed by atoms with E-state index in [-0.39, 0.29) is 30.4 Å². The number of nitrogens with zero attached hydrogens (tertiary/aromatic N) is 6. The van der Waals surface area contributed by atoms with Crippen LogP contribution in [0.25, 0.3) is 22.4 Å². The first kappa shape index (κ1) is 34.0. The van der Waals surface area contributed by atoms with E-state index >= 15 is 0 Å². The van der Waals surface area contributed by atoms with Crippen LogP contribution in [-0.4, -0.2) is 75.5 Å². The maximum Gasteiger partial charge on any atom is 0.237 e. The van der Waals surface area contributed by atoms with E-state index in [0.29, 0.717) is 62.5 Å². The molecule has 0 amide bonds. The van der Waals surface area contributed by atoms with E-state index in [1.165, 1.54) is 0 Å². The monoisotopic (exact) mass is 684 g/mol. The Bertz CT molecular complexity index is 1880. The van der Waals surface area contributed by atoms with Gasteiger partial charge in [0.2, 0.25) is 5.88 Å². The van der Waals surface area contributed by atoms with Crippen LogP contribution in [0.1, 0.15) is 58.3 Å². The van der Waals surface area contributed by atoms with Crippen LogP contribution in [0.4, 0.5) is 0 Å². The second-order valence-corrected chi connectivity index (χ2v) is 13.2. The van der Waals surface area contributed by atoms with Crippen LogP contribution < -0.4 is 4.74 Å². The van der Waals surface area contributed by atoms with Crippen LogP contribution in [0.5, 0.6) is 5.88 Å². The minimum absolute atomic E-state index is 0.0273. The Morgan fingerprint density at radius 3 is 2.58 bits per heavy atom. The molecule has 4 heterocycles. The van der Waals surface area contributed by atoms with Gasteiger partial charge in [-0.3, -0.25) is 19.6 Å². The fourth-order valence-corrected chi connectivity index (χ4v) is 7.31. The van der Waals surface area contributed by atoms with Crippen molar-refractivity contribution in [2.24, 2.45) is 5.92 Å². The zero-order chi connectivity index (χ0) is 33.8. The average Bonchev–Trinajstić information content (AvgIpc) is 3.56. The van der Waals surface area contributed by atoms with E-state index in [2.05, 4.69) is 27.8 Å². The first-order valence-corrected chi connectivity index (χ1v) is 17.1. The number of carbonyl (C=O) groups is 1. The maximum atomic E-state index is 13.6. The van der Waals surface area contributed by atoms with Crippen molar-refractivity contribution in [2.45, 2.75) is 45.7 Å². The molecule has 0 spiro atoms. The number of aromatic nitrogens is 3. The van der Waals surface area contributed by atoms with Gasteiger partial charge in [0.25, 0.3) is 0 Å². The predicted octanol–water partition coefficient (Wildman–Crippen LogP) is 6.40. The molecule has 6 rings (SSSR count). The van der Waals surface area contributed by atoms with Gasteiger partial charge in [0.1, 0.15) is 11.4 Å². The Kier molecular flexibility index (Phi) is 10.7. The molecule has 1 saturated heterocycles. The number of benzene rings is 2. The minimum Gasteiger partial charge on any atom is -0.480 e. The number of hydrogen-bond acceptors (Lipinski definition) is 9. The van der Waals surface area contributed by atoms with Gasteiger partial charge in [0.15, 0.2) is 5.78 Å². The van der Waals surface area contributed by atoms with Crippen LogP contribution in [-0.2, 0) is 25.9 Å². The van der Waals surface area contributed by atoms with Crippen LogP contribution >= 0.6 is 23.2 Å². The molecule has 11 heteroatoms. The minimum atomic E-state index is -0.205. The predicted molar refractivity (Wildman–Crippen MR) is 186 cm³/mol. The number of Topliss-reactive ketones (excluding diaryl/α,β-unsaturated/α-hetero) is 1. The fraction of sp³-hybridized carbons (Fsp3) is 0.378.